The topological polar surface area (TPSA) is 176 Å². The molecule has 0 bridgehead atoms. The normalized spacial score (nSPS) is 11.0. The van der Waals surface area contributed by atoms with Gasteiger partial charge in [-0.2, -0.15) is 0 Å². The van der Waals surface area contributed by atoms with E-state index in [1.165, 1.54) is 22.3 Å². The lowest BCUT2D eigenvalue weighted by Crippen LogP contribution is -3.00. The maximum atomic E-state index is 5.74. The molecule has 0 aliphatic rings. The zero-order valence-corrected chi connectivity index (χ0v) is 54.4. The summed E-state index contributed by atoms with van der Waals surface area (Å²) in [7, 11) is 0. The molecule has 12 aromatic rings. The summed E-state index contributed by atoms with van der Waals surface area (Å²) in [4.78, 5) is 0. The summed E-state index contributed by atoms with van der Waals surface area (Å²) < 4.78 is 40.3. The van der Waals surface area contributed by atoms with Crippen LogP contribution in [0.25, 0.3) is 22.7 Å². The molecule has 93 heavy (non-hydrogen) atoms. The smallest absolute Gasteiger partial charge is 0.249 e. The summed E-state index contributed by atoms with van der Waals surface area (Å²) >= 11 is 0. The highest BCUT2D eigenvalue weighted by molar-refractivity contribution is 5.61. The number of hydrogen-bond acceptors (Lipinski definition) is 8. The largest absolute Gasteiger partial charge is 1.00 e. The Morgan fingerprint density at radius 3 is 0.645 bits per heavy atom. The Balaban J connectivity index is 0.00000278. The Kier molecular flexibility index (Phi) is 25.0. The number of imidazole rings is 4. The Labute approximate surface area is 568 Å². The Hall–Kier alpha value is -9.20. The molecule has 8 N–H and O–H groups in total. The average Bonchev–Trinajstić information content (AvgIpc) is 1.53. The first-order chi connectivity index (χ1) is 43.8. The van der Waals surface area contributed by atoms with Gasteiger partial charge in [-0.1, -0.05) is 97.1 Å². The molecule has 0 amide bonds. The van der Waals surface area contributed by atoms with Crippen LogP contribution in [-0.2, 0) is 31.6 Å². The van der Waals surface area contributed by atoms with Gasteiger partial charge in [-0.15, -0.1) is 0 Å². The van der Waals surface area contributed by atoms with Gasteiger partial charge in [0.15, 0.2) is 0 Å². The van der Waals surface area contributed by atoms with Crippen LogP contribution in [0.4, 0.5) is 0 Å². The van der Waals surface area contributed by atoms with E-state index in [2.05, 4.69) is 257 Å². The van der Waals surface area contributed by atoms with Gasteiger partial charge in [-0.05, 0) is 142 Å². The molecule has 0 unspecified atom stereocenters. The molecule has 20 heteroatoms. The van der Waals surface area contributed by atoms with Crippen LogP contribution in [0.1, 0.15) is 44.5 Å². The van der Waals surface area contributed by atoms with Crippen LogP contribution in [0.3, 0.4) is 0 Å². The lowest BCUT2D eigenvalue weighted by atomic mass is 9.65. The van der Waals surface area contributed by atoms with E-state index in [1.54, 1.807) is 0 Å². The van der Waals surface area contributed by atoms with E-state index in [4.69, 9.17) is 41.9 Å². The standard InChI is InChI=1S/C73H76N12O4.4ClH/c74-33-45-86-69-25-17-65(18-26-69)82-41-37-78(53-82)49-57-1-9-61(10-2-57)73(62-11-3-58(4-12-62)50-79-38-42-83(54-79)66-19-27-70(28-20-66)87-46-34-75,63-13-5-59(6-14-63)51-80-39-43-84(55-80)67-21-29-71(30-22-67)88-47-35-76)64-15-7-60(8-16-64)52-81-40-44-85(56-81)68-23-31-72(32-24-68)89-48-36-77;;;;/h1-32,37-44,53-56H,33-36,45-52,74-77H2;4*1H/q+4;;;;/p-4. The number of benzene rings is 8. The number of hydrogen-bond donors (Lipinski definition) is 4. The Morgan fingerprint density at radius 2 is 0.462 bits per heavy atom. The summed E-state index contributed by atoms with van der Waals surface area (Å²) in [5.41, 5.74) is 35.4. The Bertz CT molecular complexity index is 3630. The van der Waals surface area contributed by atoms with Gasteiger partial charge in [-0.25, -0.2) is 36.5 Å². The lowest BCUT2D eigenvalue weighted by Gasteiger charge is -2.37. The van der Waals surface area contributed by atoms with Crippen molar-refractivity contribution in [3.63, 3.8) is 0 Å². The zero-order chi connectivity index (χ0) is 60.8. The van der Waals surface area contributed by atoms with E-state index in [0.29, 0.717) is 78.8 Å². The quantitative estimate of drug-likeness (QED) is 0.0283. The molecule has 0 radical (unpaired) electrons. The van der Waals surface area contributed by atoms with Crippen LogP contribution in [0.15, 0.2) is 269 Å². The number of nitrogens with two attached hydrogens (primary N) is 4. The molecule has 8 aromatic carbocycles. The second-order valence-corrected chi connectivity index (χ2v) is 22.0. The highest BCUT2D eigenvalue weighted by atomic mass is 35.5. The van der Waals surface area contributed by atoms with Crippen molar-refractivity contribution in [3.8, 4) is 45.7 Å². The fourth-order valence-corrected chi connectivity index (χ4v) is 11.4. The molecule has 0 fully saturated rings. The van der Waals surface area contributed by atoms with Gasteiger partial charge in [0.1, 0.15) is 148 Å². The molecule has 16 nitrogen and oxygen atoms in total. The highest BCUT2D eigenvalue weighted by Gasteiger charge is 2.39. The van der Waals surface area contributed by atoms with Gasteiger partial charge in [0.25, 0.3) is 0 Å². The third-order valence-corrected chi connectivity index (χ3v) is 15.9. The molecular formula is C73H76Cl4N12O4. The first kappa shape index (κ1) is 69.7. The van der Waals surface area contributed by atoms with Crippen LogP contribution >= 0.6 is 0 Å². The molecular weight excluding hydrogens is 1250 g/mol. The number of aromatic nitrogens is 8. The Morgan fingerprint density at radius 1 is 0.269 bits per heavy atom. The first-order valence-electron chi connectivity index (χ1n) is 30.2. The van der Waals surface area contributed by atoms with Crippen LogP contribution < -0.4 is 110 Å². The van der Waals surface area contributed by atoms with Crippen molar-refractivity contribution >= 4 is 0 Å². The molecule has 4 aromatic heterocycles. The molecule has 0 aliphatic carbocycles. The van der Waals surface area contributed by atoms with E-state index in [0.717, 1.165) is 68.0 Å². The zero-order valence-electron chi connectivity index (χ0n) is 51.4. The number of ether oxygens (including phenoxy) is 4. The van der Waals surface area contributed by atoms with Gasteiger partial charge in [0, 0.05) is 26.2 Å². The summed E-state index contributed by atoms with van der Waals surface area (Å²) in [6, 6.07) is 69.1. The first-order valence-corrected chi connectivity index (χ1v) is 30.2. The van der Waals surface area contributed by atoms with E-state index in [-0.39, 0.29) is 49.6 Å². The minimum Gasteiger partial charge on any atom is -1.00 e. The predicted molar refractivity (Wildman–Crippen MR) is 343 cm³/mol. The van der Waals surface area contributed by atoms with Crippen LogP contribution in [0.5, 0.6) is 23.0 Å². The second-order valence-electron chi connectivity index (χ2n) is 22.0. The third-order valence-electron chi connectivity index (χ3n) is 15.9. The molecule has 0 saturated heterocycles. The average molecular weight is 1330 g/mol. The van der Waals surface area contributed by atoms with Gasteiger partial charge in [-0.3, -0.25) is 0 Å². The van der Waals surface area contributed by atoms with Crippen LogP contribution in [0.2, 0.25) is 0 Å². The number of nitrogens with zero attached hydrogens (tertiary/aromatic N) is 8. The summed E-state index contributed by atoms with van der Waals surface area (Å²) in [6.07, 6.45) is 25.3. The minimum absolute atomic E-state index is 0. The van der Waals surface area contributed by atoms with Crippen molar-refractivity contribution in [2.45, 2.75) is 31.6 Å². The van der Waals surface area contributed by atoms with Crippen LogP contribution in [0, 0.1) is 0 Å². The minimum atomic E-state index is -0.742. The summed E-state index contributed by atoms with van der Waals surface area (Å²) in [5.74, 6) is 3.20. The van der Waals surface area contributed by atoms with Gasteiger partial charge in [0.05, 0.1) is 5.41 Å². The van der Waals surface area contributed by atoms with E-state index in [9.17, 15) is 0 Å². The molecule has 4 heterocycles. The fourth-order valence-electron chi connectivity index (χ4n) is 11.4. The SMILES string of the molecule is NCCOc1ccc(-n2cc[n+](Cc3ccc(C(c4ccc(C[n+]5ccn(-c6ccc(OCCN)cc6)c5)cc4)(c4ccc(C[n+]5ccn(-c6ccc(OCCN)cc6)c5)cc4)c4ccc(C[n+]5ccn(-c6ccc(OCCN)cc6)c5)cc4)cc3)c2)cc1.[Cl-].[Cl-].[Cl-].[Cl-]. The molecule has 480 valence electrons. The van der Waals surface area contributed by atoms with Crippen molar-refractivity contribution in [1.82, 2.24) is 18.3 Å². The van der Waals surface area contributed by atoms with E-state index >= 15 is 0 Å². The molecule has 0 spiro atoms. The second kappa shape index (κ2) is 33.4. The molecule has 0 atom stereocenters. The predicted octanol–water partition coefficient (Wildman–Crippen LogP) is -4.06. The van der Waals surface area contributed by atoms with E-state index in [1.807, 2.05) is 48.5 Å². The maximum absolute atomic E-state index is 5.74. The molecule has 0 aliphatic heterocycles. The maximum Gasteiger partial charge on any atom is 0.249 e. The van der Waals surface area contributed by atoms with Gasteiger partial charge >= 0.3 is 0 Å². The monoisotopic (exact) mass is 1320 g/mol. The summed E-state index contributed by atoms with van der Waals surface area (Å²) in [5, 5.41) is 0. The van der Waals surface area contributed by atoms with Crippen LogP contribution in [-0.4, -0.2) is 70.9 Å². The van der Waals surface area contributed by atoms with Crippen molar-refractivity contribution < 1.29 is 86.8 Å². The molecule has 12 rings (SSSR count). The third kappa shape index (κ3) is 16.9. The van der Waals surface area contributed by atoms with Gasteiger partial charge in [0.2, 0.25) is 25.3 Å². The number of halogens is 4. The fraction of sp³-hybridized carbons (Fsp3) is 0.178. The van der Waals surface area contributed by atoms with Crippen molar-refractivity contribution in [2.24, 2.45) is 22.9 Å². The lowest BCUT2D eigenvalue weighted by molar-refractivity contribution is -0.687. The number of rotatable bonds is 28. The van der Waals surface area contributed by atoms with Crippen molar-refractivity contribution in [3.05, 3.63) is 314 Å². The molecule has 0 saturated carbocycles. The van der Waals surface area contributed by atoms with E-state index < -0.39 is 5.41 Å². The van der Waals surface area contributed by atoms with Crippen molar-refractivity contribution in [1.29, 1.82) is 0 Å². The summed E-state index contributed by atoms with van der Waals surface area (Å²) in [6.45, 7) is 6.55. The van der Waals surface area contributed by atoms with Crippen molar-refractivity contribution in [2.75, 3.05) is 52.6 Å². The van der Waals surface area contributed by atoms with Gasteiger partial charge < -0.3 is 91.5 Å². The highest BCUT2D eigenvalue weighted by Crippen LogP contribution is 2.45.